The van der Waals surface area contributed by atoms with Crippen LogP contribution in [0.5, 0.6) is 0 Å². The minimum atomic E-state index is -3.10. The van der Waals surface area contributed by atoms with Gasteiger partial charge in [0.1, 0.15) is 7.14 Å². The lowest BCUT2D eigenvalue weighted by atomic mass is 10.0. The standard InChI is InChI=1S/C37H32O2P2S/c1-27-12-11-19-31(24-27)41(39,30-17-9-4-10-18-30)33-21-23-37-35(26-33)34-25-32(20-22-36(34)42-37)40(38,28-13-5-2-6-14-28)29-15-7-3-8-16-29/h2-11,13-25,27,33H,12,26H2,1H3. The Morgan fingerprint density at radius 2 is 1.33 bits per heavy atom. The fraction of sp³-hybridized carbons (Fsp3) is 0.135. The van der Waals surface area contributed by atoms with Gasteiger partial charge >= 0.3 is 0 Å². The van der Waals surface area contributed by atoms with Crippen molar-refractivity contribution in [1.82, 2.24) is 0 Å². The maximum atomic E-state index is 15.3. The quantitative estimate of drug-likeness (QED) is 0.182. The minimum absolute atomic E-state index is 0.148. The molecule has 5 aromatic rings. The van der Waals surface area contributed by atoms with E-state index < -0.39 is 14.3 Å². The average molecular weight is 603 g/mol. The monoisotopic (exact) mass is 602 g/mol. The first-order valence-corrected chi connectivity index (χ1v) is 18.8. The molecule has 5 heteroatoms. The summed E-state index contributed by atoms with van der Waals surface area (Å²) in [5.74, 6) is 0.361. The smallest absolute Gasteiger partial charge is 0.171 e. The van der Waals surface area contributed by atoms with Gasteiger partial charge in [0.15, 0.2) is 7.14 Å². The molecule has 0 N–H and O–H groups in total. The summed E-state index contributed by atoms with van der Waals surface area (Å²) in [6.07, 6.45) is 12.5. The van der Waals surface area contributed by atoms with Crippen molar-refractivity contribution in [2.24, 2.45) is 5.92 Å². The van der Waals surface area contributed by atoms with Crippen molar-refractivity contribution in [1.29, 1.82) is 0 Å². The van der Waals surface area contributed by atoms with E-state index in [-0.39, 0.29) is 5.66 Å². The highest BCUT2D eigenvalue weighted by molar-refractivity contribution is 7.85. The lowest BCUT2D eigenvalue weighted by molar-refractivity contribution is 0.579. The molecule has 1 aromatic heterocycles. The van der Waals surface area contributed by atoms with Gasteiger partial charge in [0.05, 0.1) is 0 Å². The third-order valence-corrected chi connectivity index (χ3v) is 16.2. The van der Waals surface area contributed by atoms with Gasteiger partial charge in [-0.3, -0.25) is 0 Å². The van der Waals surface area contributed by atoms with E-state index in [0.29, 0.717) is 12.3 Å². The predicted molar refractivity (Wildman–Crippen MR) is 182 cm³/mol. The molecule has 0 radical (unpaired) electrons. The molecule has 0 fully saturated rings. The molecule has 7 rings (SSSR count). The maximum Gasteiger partial charge on any atom is 0.171 e. The van der Waals surface area contributed by atoms with Gasteiger partial charge < -0.3 is 9.13 Å². The number of fused-ring (bicyclic) bond motifs is 3. The summed E-state index contributed by atoms with van der Waals surface area (Å²) in [5.41, 5.74) is 1.06. The van der Waals surface area contributed by atoms with Crippen LogP contribution in [0, 0.1) is 5.92 Å². The number of thiophene rings is 1. The first kappa shape index (κ1) is 27.4. The van der Waals surface area contributed by atoms with Gasteiger partial charge in [0.25, 0.3) is 0 Å². The Morgan fingerprint density at radius 1 is 0.714 bits per heavy atom. The number of hydrogen-bond acceptors (Lipinski definition) is 3. The van der Waals surface area contributed by atoms with Crippen LogP contribution in [0.15, 0.2) is 139 Å². The molecule has 42 heavy (non-hydrogen) atoms. The zero-order valence-corrected chi connectivity index (χ0v) is 26.1. The molecule has 0 aliphatic heterocycles. The van der Waals surface area contributed by atoms with Crippen molar-refractivity contribution < 1.29 is 9.13 Å². The highest BCUT2D eigenvalue weighted by atomic mass is 32.1. The Bertz CT molecular complexity index is 1910. The summed E-state index contributed by atoms with van der Waals surface area (Å²) in [5, 5.41) is 5.48. The van der Waals surface area contributed by atoms with Crippen molar-refractivity contribution in [3.8, 4) is 0 Å². The number of allylic oxidation sites excluding steroid dienone is 5. The molecule has 2 aliphatic rings. The molecule has 0 spiro atoms. The lowest BCUT2D eigenvalue weighted by Gasteiger charge is -2.31. The van der Waals surface area contributed by atoms with E-state index in [1.54, 1.807) is 11.3 Å². The van der Waals surface area contributed by atoms with Crippen LogP contribution in [0.3, 0.4) is 0 Å². The van der Waals surface area contributed by atoms with E-state index in [9.17, 15) is 0 Å². The second kappa shape index (κ2) is 11.0. The third kappa shape index (κ3) is 4.56. The molecular weight excluding hydrogens is 570 g/mol. The average Bonchev–Trinajstić information content (AvgIpc) is 3.42. The molecule has 0 saturated carbocycles. The highest BCUT2D eigenvalue weighted by Gasteiger charge is 2.39. The molecular formula is C37H32O2P2S. The minimum Gasteiger partial charge on any atom is -0.313 e. The Morgan fingerprint density at radius 3 is 1.95 bits per heavy atom. The van der Waals surface area contributed by atoms with Gasteiger partial charge in [-0.05, 0) is 54.0 Å². The number of benzene rings is 4. The molecule has 3 atom stereocenters. The number of rotatable bonds is 6. The summed E-state index contributed by atoms with van der Waals surface area (Å²) in [6.45, 7) is 2.19. The van der Waals surface area contributed by atoms with Crippen LogP contribution in [-0.4, -0.2) is 5.66 Å². The van der Waals surface area contributed by atoms with Crippen LogP contribution in [0.2, 0.25) is 0 Å². The van der Waals surface area contributed by atoms with Gasteiger partial charge in [-0.2, -0.15) is 0 Å². The summed E-state index contributed by atoms with van der Waals surface area (Å²) >= 11 is 1.76. The zero-order valence-electron chi connectivity index (χ0n) is 23.5. The Kier molecular flexibility index (Phi) is 7.15. The van der Waals surface area contributed by atoms with Crippen molar-refractivity contribution in [2.45, 2.75) is 25.4 Å². The molecule has 2 nitrogen and oxygen atoms in total. The van der Waals surface area contributed by atoms with Crippen molar-refractivity contribution >= 4 is 63.0 Å². The van der Waals surface area contributed by atoms with E-state index in [4.69, 9.17) is 0 Å². The molecule has 0 bridgehead atoms. The van der Waals surface area contributed by atoms with Gasteiger partial charge in [0.2, 0.25) is 0 Å². The summed E-state index contributed by atoms with van der Waals surface area (Å²) in [7, 11) is -6.07. The Labute approximate surface area is 251 Å². The molecule has 208 valence electrons. The van der Waals surface area contributed by atoms with E-state index in [2.05, 4.69) is 49.4 Å². The van der Waals surface area contributed by atoms with Gasteiger partial charge in [-0.25, -0.2) is 0 Å². The Balaban J connectivity index is 1.37. The normalized spacial score (nSPS) is 19.7. The van der Waals surface area contributed by atoms with Gasteiger partial charge in [-0.1, -0.05) is 122 Å². The fourth-order valence-corrected chi connectivity index (χ4v) is 13.4. The Hall–Kier alpha value is -3.48. The van der Waals surface area contributed by atoms with Crippen LogP contribution in [0.1, 0.15) is 23.8 Å². The SMILES string of the molecule is CC1C=C(P(=O)(c2ccccc2)C2C=Cc3sc4ccc(P(=O)(c5ccccc5)c5ccccc5)cc4c3C2)C=CC1. The van der Waals surface area contributed by atoms with Crippen LogP contribution in [0.4, 0.5) is 0 Å². The van der Waals surface area contributed by atoms with Crippen LogP contribution in [-0.2, 0) is 15.6 Å². The second-order valence-corrected chi connectivity index (χ2v) is 18.1. The molecule has 3 unspecified atom stereocenters. The molecule has 0 saturated heterocycles. The third-order valence-electron chi connectivity index (χ3n) is 8.53. The highest BCUT2D eigenvalue weighted by Crippen LogP contribution is 2.61. The van der Waals surface area contributed by atoms with E-state index in [0.717, 1.165) is 38.3 Å². The molecule has 2 aliphatic carbocycles. The van der Waals surface area contributed by atoms with Gasteiger partial charge in [0, 0.05) is 41.8 Å². The topological polar surface area (TPSA) is 34.1 Å². The lowest BCUT2D eigenvalue weighted by Crippen LogP contribution is -2.25. The zero-order chi connectivity index (χ0) is 28.7. The van der Waals surface area contributed by atoms with Gasteiger partial charge in [-0.15, -0.1) is 11.3 Å². The summed E-state index contributed by atoms with van der Waals surface area (Å²) in [4.78, 5) is 1.20. The largest absolute Gasteiger partial charge is 0.313 e. The maximum absolute atomic E-state index is 15.3. The van der Waals surface area contributed by atoms with Crippen LogP contribution in [0.25, 0.3) is 16.2 Å². The molecule has 1 heterocycles. The molecule has 0 amide bonds. The number of hydrogen-bond donors (Lipinski definition) is 0. The second-order valence-electron chi connectivity index (χ2n) is 11.2. The predicted octanol–water partition coefficient (Wildman–Crippen LogP) is 8.65. The first-order valence-electron chi connectivity index (χ1n) is 14.5. The summed E-state index contributed by atoms with van der Waals surface area (Å²) < 4.78 is 31.6. The van der Waals surface area contributed by atoms with E-state index in [1.165, 1.54) is 15.1 Å². The van der Waals surface area contributed by atoms with Crippen LogP contribution >= 0.6 is 25.6 Å². The fourth-order valence-electron chi connectivity index (χ4n) is 6.37. The summed E-state index contributed by atoms with van der Waals surface area (Å²) in [6, 6.07) is 36.0. The van der Waals surface area contributed by atoms with E-state index >= 15 is 9.13 Å². The van der Waals surface area contributed by atoms with Crippen molar-refractivity contribution in [3.05, 3.63) is 149 Å². The van der Waals surface area contributed by atoms with Crippen LogP contribution < -0.4 is 21.2 Å². The van der Waals surface area contributed by atoms with Crippen molar-refractivity contribution in [3.63, 3.8) is 0 Å². The van der Waals surface area contributed by atoms with E-state index in [1.807, 2.05) is 97.1 Å². The van der Waals surface area contributed by atoms with Crippen molar-refractivity contribution in [2.75, 3.05) is 0 Å². The first-order chi connectivity index (χ1) is 20.5. The molecule has 4 aromatic carbocycles.